The molecule has 1 aliphatic carbocycles. The molecular formula is C33H34ClN5O5. The molecule has 2 N–H and O–H groups in total. The highest BCUT2D eigenvalue weighted by molar-refractivity contribution is 6.36. The number of amides is 1. The van der Waals surface area contributed by atoms with E-state index in [1.807, 2.05) is 43.3 Å². The van der Waals surface area contributed by atoms with E-state index in [0.29, 0.717) is 58.9 Å². The number of anilines is 1. The second-order valence-electron chi connectivity index (χ2n) is 11.0. The normalized spacial score (nSPS) is 14.6. The summed E-state index contributed by atoms with van der Waals surface area (Å²) in [6.45, 7) is 3.19. The van der Waals surface area contributed by atoms with Crippen LogP contribution in [-0.4, -0.2) is 39.5 Å². The summed E-state index contributed by atoms with van der Waals surface area (Å²) in [4.78, 5) is 54.0. The zero-order chi connectivity index (χ0) is 31.5. The highest BCUT2D eigenvalue weighted by atomic mass is 35.5. The number of Topliss-reactive ketones (excluding diaryl/α,β-unsaturated/α-hetero) is 1. The molecule has 2 heterocycles. The lowest BCUT2D eigenvalue weighted by molar-refractivity contribution is -0.117. The number of nitrogens with zero attached hydrogens (tertiary/aromatic N) is 3. The molecule has 5 rings (SSSR count). The van der Waals surface area contributed by atoms with Crippen LogP contribution in [0, 0.1) is 12.8 Å². The number of pyridine rings is 1. The number of hydrogen-bond acceptors (Lipinski definition) is 7. The molecule has 1 amide bonds. The van der Waals surface area contributed by atoms with Gasteiger partial charge in [0.2, 0.25) is 5.88 Å². The molecule has 4 aromatic rings. The van der Waals surface area contributed by atoms with Gasteiger partial charge in [0.1, 0.15) is 11.3 Å². The third-order valence-electron chi connectivity index (χ3n) is 8.07. The fourth-order valence-corrected chi connectivity index (χ4v) is 5.89. The maximum atomic E-state index is 13.1. The van der Waals surface area contributed by atoms with Crippen LogP contribution in [-0.2, 0) is 25.4 Å². The Bertz CT molecular complexity index is 1880. The minimum Gasteiger partial charge on any atom is -0.481 e. The fraction of sp³-hybridized carbons (Fsp3) is 0.303. The molecule has 2 aromatic carbocycles. The van der Waals surface area contributed by atoms with Crippen LogP contribution in [0.1, 0.15) is 40.7 Å². The summed E-state index contributed by atoms with van der Waals surface area (Å²) in [6, 6.07) is 15.0. The Morgan fingerprint density at radius 2 is 1.77 bits per heavy atom. The molecule has 10 nitrogen and oxygen atoms in total. The number of carbonyl (C=O) groups excluding carboxylic acids is 2. The zero-order valence-corrected chi connectivity index (χ0v) is 25.8. The predicted molar refractivity (Wildman–Crippen MR) is 170 cm³/mol. The smallest absolute Gasteiger partial charge is 0.330 e. The van der Waals surface area contributed by atoms with E-state index in [1.54, 1.807) is 19.2 Å². The second kappa shape index (κ2) is 13.0. The van der Waals surface area contributed by atoms with Gasteiger partial charge in [0.05, 0.1) is 17.8 Å². The average Bonchev–Trinajstić information content (AvgIpc) is 3.44. The standard InChI is InChI=1S/C33H34ClN5O5/c1-19-23(7-6-10-27(19)36-30(41)26-18-38(2)33(43)39(3)32(26)42)24-8-5-9-25(29(24)34)28-14-12-21(31(37-28)44-4)17-35-16-20-11-13-22(40)15-20/h5-10,12,14,18,20,35H,11,13,15-17H2,1-4H3,(H,36,41)/t20-/m1/s1. The van der Waals surface area contributed by atoms with Crippen LogP contribution in [0.5, 0.6) is 5.88 Å². The summed E-state index contributed by atoms with van der Waals surface area (Å²) in [5.41, 5.74) is 3.71. The first-order chi connectivity index (χ1) is 21.1. The van der Waals surface area contributed by atoms with Crippen molar-refractivity contribution < 1.29 is 14.3 Å². The topological polar surface area (TPSA) is 124 Å². The van der Waals surface area contributed by atoms with E-state index >= 15 is 0 Å². The van der Waals surface area contributed by atoms with Crippen LogP contribution in [0.3, 0.4) is 0 Å². The van der Waals surface area contributed by atoms with Gasteiger partial charge in [0.15, 0.2) is 0 Å². The SMILES string of the molecule is COc1nc(-c2cccc(-c3cccc(NC(=O)c4cn(C)c(=O)n(C)c4=O)c3C)c2Cl)ccc1CNC[C@@H]1CCC(=O)C1. The number of ether oxygens (including phenoxy) is 1. The van der Waals surface area contributed by atoms with Gasteiger partial charge in [-0.3, -0.25) is 19.0 Å². The van der Waals surface area contributed by atoms with E-state index in [9.17, 15) is 19.2 Å². The van der Waals surface area contributed by atoms with Gasteiger partial charge in [-0.15, -0.1) is 0 Å². The summed E-state index contributed by atoms with van der Waals surface area (Å²) in [5, 5.41) is 6.72. The van der Waals surface area contributed by atoms with Crippen molar-refractivity contribution in [3.05, 3.63) is 97.3 Å². The van der Waals surface area contributed by atoms with E-state index in [0.717, 1.165) is 39.8 Å². The van der Waals surface area contributed by atoms with Crippen LogP contribution in [0.15, 0.2) is 64.3 Å². The van der Waals surface area contributed by atoms with Crippen molar-refractivity contribution in [2.24, 2.45) is 20.0 Å². The molecule has 1 aliphatic rings. The van der Waals surface area contributed by atoms with Gasteiger partial charge < -0.3 is 19.9 Å². The van der Waals surface area contributed by atoms with Crippen LogP contribution in [0.25, 0.3) is 22.4 Å². The van der Waals surface area contributed by atoms with Crippen molar-refractivity contribution in [3.8, 4) is 28.3 Å². The molecule has 1 fully saturated rings. The zero-order valence-electron chi connectivity index (χ0n) is 25.1. The molecule has 228 valence electrons. The van der Waals surface area contributed by atoms with Gasteiger partial charge in [-0.05, 0) is 49.1 Å². The molecular weight excluding hydrogens is 582 g/mol. The molecule has 0 unspecified atom stereocenters. The number of hydrogen-bond donors (Lipinski definition) is 2. The van der Waals surface area contributed by atoms with Crippen LogP contribution >= 0.6 is 11.6 Å². The van der Waals surface area contributed by atoms with Crippen molar-refractivity contribution >= 4 is 29.0 Å². The van der Waals surface area contributed by atoms with Crippen molar-refractivity contribution in [3.63, 3.8) is 0 Å². The molecule has 0 bridgehead atoms. The summed E-state index contributed by atoms with van der Waals surface area (Å²) < 4.78 is 7.70. The number of aryl methyl sites for hydroxylation is 1. The number of aromatic nitrogens is 3. The molecule has 1 atom stereocenters. The largest absolute Gasteiger partial charge is 0.481 e. The van der Waals surface area contributed by atoms with E-state index in [-0.39, 0.29) is 5.56 Å². The number of nitrogens with one attached hydrogen (secondary N) is 2. The Balaban J connectivity index is 1.40. The van der Waals surface area contributed by atoms with Gasteiger partial charge in [-0.1, -0.05) is 48.0 Å². The molecule has 44 heavy (non-hydrogen) atoms. The Morgan fingerprint density at radius 1 is 1.05 bits per heavy atom. The lowest BCUT2D eigenvalue weighted by atomic mass is 9.96. The molecule has 0 spiro atoms. The van der Waals surface area contributed by atoms with E-state index in [1.165, 1.54) is 24.9 Å². The molecule has 11 heteroatoms. The fourth-order valence-electron chi connectivity index (χ4n) is 5.56. The van der Waals surface area contributed by atoms with Gasteiger partial charge >= 0.3 is 5.69 Å². The van der Waals surface area contributed by atoms with Gasteiger partial charge in [0, 0.05) is 62.1 Å². The lowest BCUT2D eigenvalue weighted by Crippen LogP contribution is -2.40. The predicted octanol–water partition coefficient (Wildman–Crippen LogP) is 4.49. The first-order valence-electron chi connectivity index (χ1n) is 14.3. The first kappa shape index (κ1) is 30.9. The summed E-state index contributed by atoms with van der Waals surface area (Å²) >= 11 is 6.99. The minimum atomic E-state index is -0.676. The number of methoxy groups -OCH3 is 1. The Hall–Kier alpha value is -4.54. The quantitative estimate of drug-likeness (QED) is 0.284. The summed E-state index contributed by atoms with van der Waals surface area (Å²) in [6.07, 6.45) is 3.47. The van der Waals surface area contributed by atoms with Gasteiger partial charge in [-0.25, -0.2) is 9.78 Å². The Morgan fingerprint density at radius 3 is 2.50 bits per heavy atom. The van der Waals surface area contributed by atoms with Crippen LogP contribution in [0.2, 0.25) is 5.02 Å². The molecule has 0 aliphatic heterocycles. The Labute approximate surface area is 259 Å². The van der Waals surface area contributed by atoms with Crippen molar-refractivity contribution in [1.29, 1.82) is 0 Å². The number of rotatable bonds is 9. The second-order valence-corrected chi connectivity index (χ2v) is 11.4. The van der Waals surface area contributed by atoms with Gasteiger partial charge in [0.25, 0.3) is 11.5 Å². The minimum absolute atomic E-state index is 0.147. The molecule has 0 saturated heterocycles. The van der Waals surface area contributed by atoms with Crippen LogP contribution < -0.4 is 26.6 Å². The summed E-state index contributed by atoms with van der Waals surface area (Å²) in [7, 11) is 4.39. The number of carbonyl (C=O) groups is 2. The lowest BCUT2D eigenvalue weighted by Gasteiger charge is -2.16. The molecule has 1 saturated carbocycles. The van der Waals surface area contributed by atoms with E-state index in [2.05, 4.69) is 10.6 Å². The third kappa shape index (κ3) is 6.22. The summed E-state index contributed by atoms with van der Waals surface area (Å²) in [5.74, 6) is 0.575. The number of ketones is 1. The average molecular weight is 616 g/mol. The van der Waals surface area contributed by atoms with Crippen molar-refractivity contribution in [2.75, 3.05) is 19.0 Å². The van der Waals surface area contributed by atoms with Gasteiger partial charge in [-0.2, -0.15) is 0 Å². The maximum Gasteiger partial charge on any atom is 0.330 e. The van der Waals surface area contributed by atoms with Crippen molar-refractivity contribution in [2.45, 2.75) is 32.7 Å². The van der Waals surface area contributed by atoms with Crippen molar-refractivity contribution in [1.82, 2.24) is 19.4 Å². The molecule has 0 radical (unpaired) electrons. The number of halogens is 1. The van der Waals surface area contributed by atoms with E-state index < -0.39 is 17.2 Å². The first-order valence-corrected chi connectivity index (χ1v) is 14.7. The maximum absolute atomic E-state index is 13.1. The number of benzene rings is 2. The van der Waals surface area contributed by atoms with Crippen LogP contribution in [0.4, 0.5) is 5.69 Å². The highest BCUT2D eigenvalue weighted by Gasteiger charge is 2.22. The Kier molecular flexibility index (Phi) is 9.12. The highest BCUT2D eigenvalue weighted by Crippen LogP contribution is 2.39. The third-order valence-corrected chi connectivity index (χ3v) is 8.47. The monoisotopic (exact) mass is 615 g/mol. The molecule has 2 aromatic heterocycles. The van der Waals surface area contributed by atoms with E-state index in [4.69, 9.17) is 21.3 Å².